The predicted molar refractivity (Wildman–Crippen MR) is 57.6 cm³/mol. The van der Waals surface area contributed by atoms with Gasteiger partial charge in [-0.05, 0) is 19.8 Å². The molecule has 0 heterocycles. The lowest BCUT2D eigenvalue weighted by molar-refractivity contribution is -0.146. The average molecular weight is 215 g/mol. The van der Waals surface area contributed by atoms with E-state index in [0.717, 1.165) is 25.7 Å². The second-order valence-corrected chi connectivity index (χ2v) is 4.56. The molecule has 4 nitrogen and oxygen atoms in total. The second kappa shape index (κ2) is 4.94. The molecular formula is C11H21NO3. The van der Waals surface area contributed by atoms with Crippen LogP contribution < -0.4 is 5.73 Å². The standard InChI is InChI=1S/C11H21NO3/c1-8(12)11(7-10(13)14)6-4-3-5-9(11)15-2/h8-9H,3-7,12H2,1-2H3,(H,13,14). The molecule has 3 unspecified atom stereocenters. The van der Waals surface area contributed by atoms with Gasteiger partial charge in [0.2, 0.25) is 0 Å². The van der Waals surface area contributed by atoms with Crippen molar-refractivity contribution in [2.75, 3.05) is 7.11 Å². The van der Waals surface area contributed by atoms with Crippen molar-refractivity contribution in [2.24, 2.45) is 11.1 Å². The molecule has 3 atom stereocenters. The summed E-state index contributed by atoms with van der Waals surface area (Å²) in [6, 6.07) is -0.140. The van der Waals surface area contributed by atoms with Crippen LogP contribution in [0.25, 0.3) is 0 Å². The molecule has 15 heavy (non-hydrogen) atoms. The van der Waals surface area contributed by atoms with E-state index >= 15 is 0 Å². The maximum Gasteiger partial charge on any atom is 0.304 e. The van der Waals surface area contributed by atoms with Crippen LogP contribution in [-0.2, 0) is 9.53 Å². The molecule has 0 aromatic rings. The SMILES string of the molecule is COC1CCCCC1(CC(=O)O)C(C)N. The van der Waals surface area contributed by atoms with Crippen molar-refractivity contribution in [3.63, 3.8) is 0 Å². The van der Waals surface area contributed by atoms with Crippen molar-refractivity contribution in [2.45, 2.75) is 51.2 Å². The van der Waals surface area contributed by atoms with E-state index in [4.69, 9.17) is 15.6 Å². The molecule has 1 aliphatic carbocycles. The molecule has 1 fully saturated rings. The summed E-state index contributed by atoms with van der Waals surface area (Å²) in [4.78, 5) is 10.9. The van der Waals surface area contributed by atoms with Gasteiger partial charge < -0.3 is 15.6 Å². The number of methoxy groups -OCH3 is 1. The van der Waals surface area contributed by atoms with Crippen LogP contribution in [0.2, 0.25) is 0 Å². The van der Waals surface area contributed by atoms with Gasteiger partial charge in [-0.15, -0.1) is 0 Å². The van der Waals surface area contributed by atoms with Gasteiger partial charge in [-0.1, -0.05) is 12.8 Å². The highest BCUT2D eigenvalue weighted by atomic mass is 16.5. The fraction of sp³-hybridized carbons (Fsp3) is 0.909. The van der Waals surface area contributed by atoms with Crippen molar-refractivity contribution in [3.8, 4) is 0 Å². The lowest BCUT2D eigenvalue weighted by Crippen LogP contribution is -2.52. The van der Waals surface area contributed by atoms with E-state index in [-0.39, 0.29) is 24.0 Å². The zero-order valence-electron chi connectivity index (χ0n) is 9.53. The molecule has 1 rings (SSSR count). The Kier molecular flexibility index (Phi) is 4.11. The largest absolute Gasteiger partial charge is 0.481 e. The average Bonchev–Trinajstić information content (AvgIpc) is 2.17. The highest BCUT2D eigenvalue weighted by Crippen LogP contribution is 2.43. The molecule has 0 spiro atoms. The number of carbonyl (C=O) groups is 1. The van der Waals surface area contributed by atoms with Crippen molar-refractivity contribution >= 4 is 5.97 Å². The van der Waals surface area contributed by atoms with E-state index in [1.165, 1.54) is 0 Å². The van der Waals surface area contributed by atoms with Gasteiger partial charge in [0.05, 0.1) is 12.5 Å². The smallest absolute Gasteiger partial charge is 0.304 e. The molecule has 0 aliphatic heterocycles. The first-order valence-corrected chi connectivity index (χ1v) is 5.53. The van der Waals surface area contributed by atoms with Crippen LogP contribution in [0, 0.1) is 5.41 Å². The van der Waals surface area contributed by atoms with Gasteiger partial charge in [-0.25, -0.2) is 0 Å². The highest BCUT2D eigenvalue weighted by molar-refractivity contribution is 5.68. The monoisotopic (exact) mass is 215 g/mol. The molecule has 0 saturated heterocycles. The van der Waals surface area contributed by atoms with Crippen LogP contribution in [-0.4, -0.2) is 30.3 Å². The number of carboxylic acids is 1. The zero-order valence-corrected chi connectivity index (χ0v) is 9.53. The topological polar surface area (TPSA) is 72.5 Å². The van der Waals surface area contributed by atoms with Crippen molar-refractivity contribution < 1.29 is 14.6 Å². The minimum atomic E-state index is -0.781. The third-order valence-corrected chi connectivity index (χ3v) is 3.67. The van der Waals surface area contributed by atoms with Gasteiger partial charge in [0, 0.05) is 18.6 Å². The Balaban J connectivity index is 2.89. The second-order valence-electron chi connectivity index (χ2n) is 4.56. The number of aliphatic carboxylic acids is 1. The lowest BCUT2D eigenvalue weighted by atomic mass is 9.65. The van der Waals surface area contributed by atoms with Gasteiger partial charge in [-0.2, -0.15) is 0 Å². The molecule has 88 valence electrons. The Morgan fingerprint density at radius 1 is 1.67 bits per heavy atom. The highest BCUT2D eigenvalue weighted by Gasteiger charge is 2.45. The first-order chi connectivity index (χ1) is 7.03. The lowest BCUT2D eigenvalue weighted by Gasteiger charge is -2.45. The van der Waals surface area contributed by atoms with E-state index in [1.54, 1.807) is 7.11 Å². The van der Waals surface area contributed by atoms with Crippen LogP contribution in [0.4, 0.5) is 0 Å². The van der Waals surface area contributed by atoms with Gasteiger partial charge in [0.15, 0.2) is 0 Å². The summed E-state index contributed by atoms with van der Waals surface area (Å²) in [5.74, 6) is -0.781. The van der Waals surface area contributed by atoms with Gasteiger partial charge >= 0.3 is 5.97 Å². The predicted octanol–water partition coefficient (Wildman–Crippen LogP) is 1.38. The molecular weight excluding hydrogens is 194 g/mol. The van der Waals surface area contributed by atoms with Crippen molar-refractivity contribution in [3.05, 3.63) is 0 Å². The van der Waals surface area contributed by atoms with Gasteiger partial charge in [0.25, 0.3) is 0 Å². The van der Waals surface area contributed by atoms with Crippen molar-refractivity contribution in [1.29, 1.82) is 0 Å². The number of hydrogen-bond donors (Lipinski definition) is 2. The molecule has 0 aromatic carbocycles. The summed E-state index contributed by atoms with van der Waals surface area (Å²) >= 11 is 0. The number of nitrogens with two attached hydrogens (primary N) is 1. The van der Waals surface area contributed by atoms with E-state index < -0.39 is 5.97 Å². The minimum Gasteiger partial charge on any atom is -0.481 e. The number of ether oxygens (including phenoxy) is 1. The van der Waals surface area contributed by atoms with Gasteiger partial charge in [-0.3, -0.25) is 4.79 Å². The first-order valence-electron chi connectivity index (χ1n) is 5.53. The van der Waals surface area contributed by atoms with E-state index in [2.05, 4.69) is 0 Å². The molecule has 4 heteroatoms. The van der Waals surface area contributed by atoms with Crippen LogP contribution in [0.3, 0.4) is 0 Å². The summed E-state index contributed by atoms with van der Waals surface area (Å²) in [5.41, 5.74) is 5.60. The van der Waals surface area contributed by atoms with Crippen LogP contribution in [0.1, 0.15) is 39.0 Å². The maximum atomic E-state index is 10.9. The number of rotatable bonds is 4. The Bertz CT molecular complexity index is 230. The van der Waals surface area contributed by atoms with Crippen LogP contribution >= 0.6 is 0 Å². The molecule has 3 N–H and O–H groups in total. The first kappa shape index (κ1) is 12.5. The third kappa shape index (κ3) is 2.49. The minimum absolute atomic E-state index is 0.0117. The Morgan fingerprint density at radius 3 is 2.80 bits per heavy atom. The van der Waals surface area contributed by atoms with E-state index in [0.29, 0.717) is 0 Å². The Hall–Kier alpha value is -0.610. The summed E-state index contributed by atoms with van der Waals surface area (Å²) in [6.07, 6.45) is 4.04. The van der Waals surface area contributed by atoms with Crippen LogP contribution in [0.15, 0.2) is 0 Å². The Morgan fingerprint density at radius 2 is 2.33 bits per heavy atom. The van der Waals surface area contributed by atoms with E-state index in [9.17, 15) is 4.79 Å². The number of carboxylic acid groups (broad SMARTS) is 1. The molecule has 1 aliphatic rings. The quantitative estimate of drug-likeness (QED) is 0.743. The summed E-state index contributed by atoms with van der Waals surface area (Å²) in [5, 5.41) is 8.98. The molecule has 0 bridgehead atoms. The fourth-order valence-electron chi connectivity index (χ4n) is 2.75. The summed E-state index contributed by atoms with van der Waals surface area (Å²) in [7, 11) is 1.65. The third-order valence-electron chi connectivity index (χ3n) is 3.67. The fourth-order valence-corrected chi connectivity index (χ4v) is 2.75. The normalized spacial score (nSPS) is 33.7. The van der Waals surface area contributed by atoms with E-state index in [1.807, 2.05) is 6.92 Å². The molecule has 0 aromatic heterocycles. The van der Waals surface area contributed by atoms with Crippen LogP contribution in [0.5, 0.6) is 0 Å². The van der Waals surface area contributed by atoms with Gasteiger partial charge in [0.1, 0.15) is 0 Å². The summed E-state index contributed by atoms with van der Waals surface area (Å²) in [6.45, 7) is 1.89. The molecule has 1 saturated carbocycles. The molecule has 0 radical (unpaired) electrons. The zero-order chi connectivity index (χ0) is 11.5. The maximum absolute atomic E-state index is 10.9. The Labute approximate surface area is 90.8 Å². The summed E-state index contributed by atoms with van der Waals surface area (Å²) < 4.78 is 5.43. The number of hydrogen-bond acceptors (Lipinski definition) is 3. The van der Waals surface area contributed by atoms with Crippen molar-refractivity contribution in [1.82, 2.24) is 0 Å². The molecule has 0 amide bonds.